The van der Waals surface area contributed by atoms with Crippen LogP contribution in [0.1, 0.15) is 16.1 Å². The molecule has 1 amide bonds. The molecule has 0 saturated heterocycles. The van der Waals surface area contributed by atoms with Crippen LogP contribution in [0.15, 0.2) is 54.7 Å². The van der Waals surface area contributed by atoms with Crippen molar-refractivity contribution in [3.05, 3.63) is 83.4 Å². The number of nitrogens with one attached hydrogen (secondary N) is 2. The molecular formula is C18H13F3N4O. The molecule has 2 aromatic carbocycles. The van der Waals surface area contributed by atoms with E-state index in [1.807, 2.05) is 0 Å². The largest absolute Gasteiger partial charge is 0.347 e. The molecule has 0 spiro atoms. The maximum Gasteiger partial charge on any atom is 0.270 e. The highest BCUT2D eigenvalue weighted by Crippen LogP contribution is 2.18. The molecule has 0 bridgehead atoms. The number of rotatable bonds is 5. The third-order valence-corrected chi connectivity index (χ3v) is 3.43. The highest BCUT2D eigenvalue weighted by atomic mass is 19.1. The van der Waals surface area contributed by atoms with Gasteiger partial charge in [0, 0.05) is 18.8 Å². The van der Waals surface area contributed by atoms with Gasteiger partial charge in [-0.05, 0) is 35.9 Å². The number of benzene rings is 2. The van der Waals surface area contributed by atoms with E-state index >= 15 is 0 Å². The zero-order valence-electron chi connectivity index (χ0n) is 13.3. The Labute approximate surface area is 146 Å². The lowest BCUT2D eigenvalue weighted by Gasteiger charge is -2.08. The van der Waals surface area contributed by atoms with Gasteiger partial charge in [0.2, 0.25) is 5.95 Å². The number of hydrogen-bond donors (Lipinski definition) is 2. The van der Waals surface area contributed by atoms with Crippen LogP contribution >= 0.6 is 0 Å². The molecule has 0 fully saturated rings. The highest BCUT2D eigenvalue weighted by molar-refractivity contribution is 5.92. The van der Waals surface area contributed by atoms with Crippen molar-refractivity contribution >= 4 is 17.5 Å². The molecule has 0 aliphatic rings. The zero-order chi connectivity index (χ0) is 18.5. The summed E-state index contributed by atoms with van der Waals surface area (Å²) in [5.41, 5.74) is 0.767. The van der Waals surface area contributed by atoms with Crippen molar-refractivity contribution in [3.63, 3.8) is 0 Å². The Bertz CT molecular complexity index is 932. The molecular weight excluding hydrogens is 345 g/mol. The molecule has 132 valence electrons. The van der Waals surface area contributed by atoms with Gasteiger partial charge in [-0.15, -0.1) is 0 Å². The molecule has 0 radical (unpaired) electrons. The Kier molecular flexibility index (Phi) is 5.12. The van der Waals surface area contributed by atoms with E-state index in [0.29, 0.717) is 0 Å². The highest BCUT2D eigenvalue weighted by Gasteiger charge is 2.10. The van der Waals surface area contributed by atoms with Crippen LogP contribution in [0, 0.1) is 17.5 Å². The summed E-state index contributed by atoms with van der Waals surface area (Å²) in [6.45, 7) is 0.193. The minimum absolute atomic E-state index is 0.00931. The molecule has 8 heteroatoms. The minimum Gasteiger partial charge on any atom is -0.347 e. The van der Waals surface area contributed by atoms with Crippen molar-refractivity contribution in [1.29, 1.82) is 0 Å². The third-order valence-electron chi connectivity index (χ3n) is 3.43. The first kappa shape index (κ1) is 17.4. The van der Waals surface area contributed by atoms with Crippen LogP contribution in [-0.2, 0) is 6.54 Å². The fourth-order valence-electron chi connectivity index (χ4n) is 2.13. The Morgan fingerprint density at radius 3 is 2.42 bits per heavy atom. The molecule has 0 aliphatic heterocycles. The van der Waals surface area contributed by atoms with Gasteiger partial charge in [-0.1, -0.05) is 12.1 Å². The first-order valence-electron chi connectivity index (χ1n) is 7.59. The number of halogens is 3. The fraction of sp³-hybridized carbons (Fsp3) is 0.0556. The van der Waals surface area contributed by atoms with Gasteiger partial charge >= 0.3 is 0 Å². The Hall–Kier alpha value is -3.42. The van der Waals surface area contributed by atoms with Gasteiger partial charge < -0.3 is 10.6 Å². The predicted molar refractivity (Wildman–Crippen MR) is 89.2 cm³/mol. The average molecular weight is 358 g/mol. The second-order valence-corrected chi connectivity index (χ2v) is 5.32. The Balaban J connectivity index is 1.68. The predicted octanol–water partition coefficient (Wildman–Crippen LogP) is 3.57. The van der Waals surface area contributed by atoms with Crippen molar-refractivity contribution in [2.45, 2.75) is 6.54 Å². The lowest BCUT2D eigenvalue weighted by molar-refractivity contribution is 0.0946. The third kappa shape index (κ3) is 4.35. The summed E-state index contributed by atoms with van der Waals surface area (Å²) < 4.78 is 39.5. The zero-order valence-corrected chi connectivity index (χ0v) is 13.3. The Morgan fingerprint density at radius 1 is 0.962 bits per heavy atom. The first-order valence-corrected chi connectivity index (χ1v) is 7.59. The molecule has 26 heavy (non-hydrogen) atoms. The van der Waals surface area contributed by atoms with Gasteiger partial charge in [0.05, 0.1) is 5.69 Å². The van der Waals surface area contributed by atoms with E-state index in [1.54, 1.807) is 12.1 Å². The monoisotopic (exact) mass is 358 g/mol. The molecule has 5 nitrogen and oxygen atoms in total. The molecule has 0 aliphatic carbocycles. The quantitative estimate of drug-likeness (QED) is 0.732. The van der Waals surface area contributed by atoms with Gasteiger partial charge in [0.15, 0.2) is 0 Å². The molecule has 3 rings (SSSR count). The lowest BCUT2D eigenvalue weighted by atomic mass is 10.2. The van der Waals surface area contributed by atoms with Crippen LogP contribution in [0.2, 0.25) is 0 Å². The summed E-state index contributed by atoms with van der Waals surface area (Å²) in [5, 5.41) is 5.23. The maximum atomic E-state index is 13.7. The van der Waals surface area contributed by atoms with E-state index in [1.165, 1.54) is 30.5 Å². The van der Waals surface area contributed by atoms with Crippen molar-refractivity contribution in [2.75, 3.05) is 5.32 Å². The van der Waals surface area contributed by atoms with Crippen molar-refractivity contribution < 1.29 is 18.0 Å². The van der Waals surface area contributed by atoms with Gasteiger partial charge in [0.1, 0.15) is 23.1 Å². The van der Waals surface area contributed by atoms with E-state index in [-0.39, 0.29) is 29.7 Å². The average Bonchev–Trinajstić information content (AvgIpc) is 2.63. The SMILES string of the molecule is O=C(NCc1ccc(F)cc1)c1ccnc(Nc2ccc(F)cc2F)n1. The van der Waals surface area contributed by atoms with Gasteiger partial charge in [-0.25, -0.2) is 23.1 Å². The number of carbonyl (C=O) groups is 1. The standard InChI is InChI=1S/C18H13F3N4O/c19-12-3-1-11(2-4-12)10-23-17(26)16-7-8-22-18(25-16)24-15-6-5-13(20)9-14(15)21/h1-9H,10H2,(H,23,26)(H,22,24,25). The second kappa shape index (κ2) is 7.64. The van der Waals surface area contributed by atoms with Crippen LogP contribution in [0.3, 0.4) is 0 Å². The minimum atomic E-state index is -0.806. The fourth-order valence-corrected chi connectivity index (χ4v) is 2.13. The van der Waals surface area contributed by atoms with E-state index in [2.05, 4.69) is 20.6 Å². The normalized spacial score (nSPS) is 10.4. The number of nitrogens with zero attached hydrogens (tertiary/aromatic N) is 2. The molecule has 1 aromatic heterocycles. The van der Waals surface area contributed by atoms with Crippen molar-refractivity contribution in [2.24, 2.45) is 0 Å². The number of amides is 1. The van der Waals surface area contributed by atoms with Crippen LogP contribution in [0.25, 0.3) is 0 Å². The maximum absolute atomic E-state index is 13.7. The van der Waals surface area contributed by atoms with Crippen LogP contribution in [-0.4, -0.2) is 15.9 Å². The van der Waals surface area contributed by atoms with Crippen LogP contribution in [0.5, 0.6) is 0 Å². The molecule has 0 atom stereocenters. The molecule has 3 aromatic rings. The van der Waals surface area contributed by atoms with E-state index < -0.39 is 17.5 Å². The van der Waals surface area contributed by atoms with E-state index in [9.17, 15) is 18.0 Å². The smallest absolute Gasteiger partial charge is 0.270 e. The molecule has 1 heterocycles. The van der Waals surface area contributed by atoms with Crippen LogP contribution < -0.4 is 10.6 Å². The molecule has 0 saturated carbocycles. The van der Waals surface area contributed by atoms with Gasteiger partial charge in [-0.2, -0.15) is 0 Å². The number of carbonyl (C=O) groups excluding carboxylic acids is 1. The summed E-state index contributed by atoms with van der Waals surface area (Å²) in [5.74, 6) is -2.36. The Morgan fingerprint density at radius 2 is 1.69 bits per heavy atom. The van der Waals surface area contributed by atoms with E-state index in [4.69, 9.17) is 0 Å². The van der Waals surface area contributed by atoms with Crippen molar-refractivity contribution in [1.82, 2.24) is 15.3 Å². The van der Waals surface area contributed by atoms with E-state index in [0.717, 1.165) is 17.7 Å². The van der Waals surface area contributed by atoms with Crippen molar-refractivity contribution in [3.8, 4) is 0 Å². The van der Waals surface area contributed by atoms with Crippen LogP contribution in [0.4, 0.5) is 24.8 Å². The second-order valence-electron chi connectivity index (χ2n) is 5.32. The number of aromatic nitrogens is 2. The summed E-state index contributed by atoms with van der Waals surface area (Å²) in [7, 11) is 0. The summed E-state index contributed by atoms with van der Waals surface area (Å²) >= 11 is 0. The summed E-state index contributed by atoms with van der Waals surface area (Å²) in [6.07, 6.45) is 1.34. The van der Waals surface area contributed by atoms with Gasteiger partial charge in [0.25, 0.3) is 5.91 Å². The number of anilines is 2. The summed E-state index contributed by atoms with van der Waals surface area (Å²) in [6, 6.07) is 10.1. The lowest BCUT2D eigenvalue weighted by Crippen LogP contribution is -2.24. The topological polar surface area (TPSA) is 66.9 Å². The van der Waals surface area contributed by atoms with Gasteiger partial charge in [-0.3, -0.25) is 4.79 Å². The summed E-state index contributed by atoms with van der Waals surface area (Å²) in [4.78, 5) is 20.1. The number of hydrogen-bond acceptors (Lipinski definition) is 4. The molecule has 0 unspecified atom stereocenters. The molecule has 2 N–H and O–H groups in total. The first-order chi connectivity index (χ1) is 12.5.